The fraction of sp³-hybridized carbons (Fsp3) is 0.500. The molecule has 7 heteroatoms. The van der Waals surface area contributed by atoms with E-state index in [1.165, 1.54) is 4.88 Å². The van der Waals surface area contributed by atoms with Crippen LogP contribution in [0.3, 0.4) is 0 Å². The van der Waals surface area contributed by atoms with Crippen LogP contribution in [0.2, 0.25) is 0 Å². The molecule has 0 aromatic carbocycles. The largest absolute Gasteiger partial charge is 0.378 e. The van der Waals surface area contributed by atoms with Crippen molar-refractivity contribution in [2.24, 2.45) is 0 Å². The highest BCUT2D eigenvalue weighted by Gasteiger charge is 2.25. The zero-order valence-corrected chi connectivity index (χ0v) is 15.0. The first kappa shape index (κ1) is 16.6. The van der Waals surface area contributed by atoms with Gasteiger partial charge in [-0.25, -0.2) is 4.98 Å². The van der Waals surface area contributed by atoms with Gasteiger partial charge in [0.2, 0.25) is 0 Å². The minimum absolute atomic E-state index is 0.0618. The van der Waals surface area contributed by atoms with E-state index in [0.717, 1.165) is 43.9 Å². The van der Waals surface area contributed by atoms with Gasteiger partial charge in [0, 0.05) is 50.2 Å². The van der Waals surface area contributed by atoms with Crippen LogP contribution < -0.4 is 0 Å². The number of aromatic nitrogens is 2. The van der Waals surface area contributed by atoms with E-state index in [1.54, 1.807) is 11.3 Å². The number of thiazole rings is 1. The van der Waals surface area contributed by atoms with Gasteiger partial charge in [0.25, 0.3) is 5.91 Å². The van der Waals surface area contributed by atoms with Crippen LogP contribution in [0, 0.1) is 0 Å². The number of carbonyl (C=O) groups is 1. The first-order chi connectivity index (χ1) is 12.3. The van der Waals surface area contributed by atoms with Crippen molar-refractivity contribution in [1.82, 2.24) is 19.8 Å². The van der Waals surface area contributed by atoms with Crippen molar-refractivity contribution in [3.05, 3.63) is 45.7 Å². The van der Waals surface area contributed by atoms with Crippen molar-refractivity contribution in [2.75, 3.05) is 39.4 Å². The minimum Gasteiger partial charge on any atom is -0.378 e. The van der Waals surface area contributed by atoms with Gasteiger partial charge in [0.1, 0.15) is 0 Å². The maximum absolute atomic E-state index is 12.6. The van der Waals surface area contributed by atoms with Crippen molar-refractivity contribution in [3.8, 4) is 0 Å². The Morgan fingerprint density at radius 1 is 1.16 bits per heavy atom. The quantitative estimate of drug-likeness (QED) is 0.834. The maximum Gasteiger partial charge on any atom is 0.283 e. The Morgan fingerprint density at radius 2 is 2.00 bits per heavy atom. The molecule has 2 aliphatic rings. The van der Waals surface area contributed by atoms with Gasteiger partial charge in [-0.05, 0) is 18.6 Å². The van der Waals surface area contributed by atoms with E-state index in [4.69, 9.17) is 4.74 Å². The van der Waals surface area contributed by atoms with Gasteiger partial charge in [-0.1, -0.05) is 6.07 Å². The topological polar surface area (TPSA) is 58.6 Å². The van der Waals surface area contributed by atoms with Gasteiger partial charge < -0.3 is 9.64 Å². The average molecular weight is 358 g/mol. The summed E-state index contributed by atoms with van der Waals surface area (Å²) in [6, 6.07) is 6.04. The molecule has 1 amide bonds. The number of nitrogens with zero attached hydrogens (tertiary/aromatic N) is 4. The highest BCUT2D eigenvalue weighted by molar-refractivity contribution is 7.13. The molecule has 2 aromatic rings. The van der Waals surface area contributed by atoms with Crippen molar-refractivity contribution in [2.45, 2.75) is 19.4 Å². The summed E-state index contributed by atoms with van der Waals surface area (Å²) in [5, 5.41) is 0.644. The van der Waals surface area contributed by atoms with Crippen molar-refractivity contribution >= 4 is 17.2 Å². The molecule has 0 radical (unpaired) electrons. The number of morpholine rings is 1. The van der Waals surface area contributed by atoms with Crippen LogP contribution in [0.5, 0.6) is 0 Å². The van der Waals surface area contributed by atoms with E-state index in [-0.39, 0.29) is 5.91 Å². The second kappa shape index (κ2) is 7.59. The summed E-state index contributed by atoms with van der Waals surface area (Å²) in [7, 11) is 0. The lowest BCUT2D eigenvalue weighted by molar-refractivity contribution is 0.0302. The summed E-state index contributed by atoms with van der Waals surface area (Å²) in [5.41, 5.74) is 2.20. The molecular weight excluding hydrogens is 336 g/mol. The summed E-state index contributed by atoms with van der Waals surface area (Å²) < 4.78 is 5.32. The predicted molar refractivity (Wildman–Crippen MR) is 95.8 cm³/mol. The Labute approximate surface area is 151 Å². The molecular formula is C18H22N4O2S. The Hall–Kier alpha value is -1.83. The van der Waals surface area contributed by atoms with Gasteiger partial charge in [-0.15, -0.1) is 11.3 Å². The van der Waals surface area contributed by atoms with E-state index in [1.807, 2.05) is 23.2 Å². The predicted octanol–water partition coefficient (Wildman–Crippen LogP) is 1.61. The first-order valence-corrected chi connectivity index (χ1v) is 9.59. The van der Waals surface area contributed by atoms with Crippen molar-refractivity contribution in [3.63, 3.8) is 0 Å². The van der Waals surface area contributed by atoms with Crippen LogP contribution in [0.4, 0.5) is 0 Å². The molecule has 0 spiro atoms. The lowest BCUT2D eigenvalue weighted by Gasteiger charge is -2.25. The fourth-order valence-corrected chi connectivity index (χ4v) is 4.35. The smallest absolute Gasteiger partial charge is 0.283 e. The number of fused-ring (bicyclic) bond motifs is 1. The summed E-state index contributed by atoms with van der Waals surface area (Å²) in [5.74, 6) is 0.0618. The van der Waals surface area contributed by atoms with E-state index in [0.29, 0.717) is 31.3 Å². The van der Waals surface area contributed by atoms with E-state index in [9.17, 15) is 4.79 Å². The zero-order valence-electron chi connectivity index (χ0n) is 14.2. The van der Waals surface area contributed by atoms with Crippen LogP contribution in [0.25, 0.3) is 0 Å². The van der Waals surface area contributed by atoms with Gasteiger partial charge in [0.05, 0.1) is 24.6 Å². The molecule has 2 aliphatic heterocycles. The monoisotopic (exact) mass is 358 g/mol. The third kappa shape index (κ3) is 3.89. The van der Waals surface area contributed by atoms with Gasteiger partial charge in [-0.3, -0.25) is 14.7 Å². The SMILES string of the molecule is O=C(c1nc2c(s1)CCN(Cc1ccccn1)CC2)N1CCOCC1. The molecule has 0 saturated carbocycles. The summed E-state index contributed by atoms with van der Waals surface area (Å²) >= 11 is 1.57. The van der Waals surface area contributed by atoms with Crippen LogP contribution in [0.15, 0.2) is 24.4 Å². The lowest BCUT2D eigenvalue weighted by atomic mass is 10.2. The second-order valence-electron chi connectivity index (χ2n) is 6.39. The molecule has 4 heterocycles. The van der Waals surface area contributed by atoms with Gasteiger partial charge >= 0.3 is 0 Å². The van der Waals surface area contributed by atoms with Crippen LogP contribution in [0.1, 0.15) is 26.1 Å². The molecule has 132 valence electrons. The van der Waals surface area contributed by atoms with Crippen molar-refractivity contribution in [1.29, 1.82) is 0 Å². The number of carbonyl (C=O) groups excluding carboxylic acids is 1. The van der Waals surface area contributed by atoms with E-state index in [2.05, 4.69) is 20.9 Å². The number of hydrogen-bond acceptors (Lipinski definition) is 6. The maximum atomic E-state index is 12.6. The summed E-state index contributed by atoms with van der Waals surface area (Å²) in [6.07, 6.45) is 3.69. The average Bonchev–Trinajstić information content (AvgIpc) is 2.99. The normalized spacial score (nSPS) is 18.6. The summed E-state index contributed by atoms with van der Waals surface area (Å²) in [4.78, 5) is 27.2. The Bertz CT molecular complexity index is 702. The zero-order chi connectivity index (χ0) is 17.1. The molecule has 25 heavy (non-hydrogen) atoms. The Morgan fingerprint density at radius 3 is 2.80 bits per heavy atom. The standard InChI is InChI=1S/C18H22N4O2S/c23-18(22-9-11-24-12-10-22)17-20-15-4-7-21(8-5-16(15)25-17)13-14-3-1-2-6-19-14/h1-3,6H,4-5,7-13H2. The summed E-state index contributed by atoms with van der Waals surface area (Å²) in [6.45, 7) is 5.39. The number of pyridine rings is 1. The molecule has 0 N–H and O–H groups in total. The Balaban J connectivity index is 1.40. The molecule has 0 atom stereocenters. The molecule has 0 bridgehead atoms. The highest BCUT2D eigenvalue weighted by atomic mass is 32.1. The lowest BCUT2D eigenvalue weighted by Crippen LogP contribution is -2.40. The molecule has 1 saturated heterocycles. The third-order valence-corrected chi connectivity index (χ3v) is 5.84. The van der Waals surface area contributed by atoms with Gasteiger partial charge in [0.15, 0.2) is 5.01 Å². The number of ether oxygens (including phenoxy) is 1. The minimum atomic E-state index is 0.0618. The van der Waals surface area contributed by atoms with Crippen LogP contribution in [-0.2, 0) is 24.1 Å². The highest BCUT2D eigenvalue weighted by Crippen LogP contribution is 2.24. The number of hydrogen-bond donors (Lipinski definition) is 0. The number of rotatable bonds is 3. The third-order valence-electron chi connectivity index (χ3n) is 4.69. The molecule has 2 aromatic heterocycles. The number of amides is 1. The molecule has 6 nitrogen and oxygen atoms in total. The van der Waals surface area contributed by atoms with Crippen molar-refractivity contribution < 1.29 is 9.53 Å². The Kier molecular flexibility index (Phi) is 5.05. The fourth-order valence-electron chi connectivity index (χ4n) is 3.28. The molecule has 4 rings (SSSR count). The molecule has 0 unspecified atom stereocenters. The van der Waals surface area contributed by atoms with Crippen LogP contribution >= 0.6 is 11.3 Å². The molecule has 0 aliphatic carbocycles. The van der Waals surface area contributed by atoms with E-state index >= 15 is 0 Å². The van der Waals surface area contributed by atoms with Gasteiger partial charge in [-0.2, -0.15) is 0 Å². The first-order valence-electron chi connectivity index (χ1n) is 8.77. The van der Waals surface area contributed by atoms with E-state index < -0.39 is 0 Å². The molecule has 1 fully saturated rings. The van der Waals surface area contributed by atoms with Crippen LogP contribution in [-0.4, -0.2) is 65.1 Å². The second-order valence-corrected chi connectivity index (χ2v) is 7.47.